The fourth-order valence-electron chi connectivity index (χ4n) is 2.41. The fraction of sp³-hybridized carbons (Fsp3) is 0.150. The van der Waals surface area contributed by atoms with E-state index in [4.69, 9.17) is 0 Å². The number of carbonyl (C=O) groups excluding carboxylic acids is 2. The van der Waals surface area contributed by atoms with E-state index in [1.54, 1.807) is 16.9 Å². The zero-order valence-electron chi connectivity index (χ0n) is 14.7. The number of rotatable bonds is 7. The topological polar surface area (TPSA) is 64.0 Å². The van der Waals surface area contributed by atoms with Gasteiger partial charge in [0.15, 0.2) is 5.78 Å². The van der Waals surface area contributed by atoms with E-state index in [2.05, 4.69) is 10.4 Å². The smallest absolute Gasteiger partial charge is 0.230 e. The van der Waals surface area contributed by atoms with E-state index in [0.717, 1.165) is 23.0 Å². The maximum atomic E-state index is 14.0. The Morgan fingerprint density at radius 3 is 2.67 bits per heavy atom. The minimum absolute atomic E-state index is 0.0865. The van der Waals surface area contributed by atoms with Gasteiger partial charge in [-0.25, -0.2) is 9.07 Å². The van der Waals surface area contributed by atoms with Crippen molar-refractivity contribution in [1.29, 1.82) is 0 Å². The number of halogens is 1. The lowest BCUT2D eigenvalue weighted by molar-refractivity contribution is -0.118. The molecular formula is C20H18FN3O2S. The largest absolute Gasteiger partial charge is 0.351 e. The van der Waals surface area contributed by atoms with Gasteiger partial charge in [0.05, 0.1) is 17.6 Å². The second kappa shape index (κ2) is 8.64. The Morgan fingerprint density at radius 1 is 1.19 bits per heavy atom. The van der Waals surface area contributed by atoms with E-state index in [1.165, 1.54) is 19.1 Å². The van der Waals surface area contributed by atoms with Gasteiger partial charge in [0.1, 0.15) is 5.82 Å². The Balaban J connectivity index is 1.50. The summed E-state index contributed by atoms with van der Waals surface area (Å²) in [5.74, 6) is -0.810. The van der Waals surface area contributed by atoms with E-state index < -0.39 is 5.82 Å². The van der Waals surface area contributed by atoms with Crippen molar-refractivity contribution in [1.82, 2.24) is 15.1 Å². The molecule has 7 heteroatoms. The predicted octanol–water partition coefficient (Wildman–Crippen LogP) is 3.62. The van der Waals surface area contributed by atoms with Crippen LogP contribution < -0.4 is 5.32 Å². The highest BCUT2D eigenvalue weighted by atomic mass is 32.2. The fourth-order valence-corrected chi connectivity index (χ4v) is 3.15. The molecule has 138 valence electrons. The molecule has 0 fully saturated rings. The van der Waals surface area contributed by atoms with Crippen molar-refractivity contribution in [2.24, 2.45) is 0 Å². The van der Waals surface area contributed by atoms with Gasteiger partial charge in [0, 0.05) is 28.8 Å². The summed E-state index contributed by atoms with van der Waals surface area (Å²) in [6, 6.07) is 14.0. The Hall–Kier alpha value is -2.93. The first kappa shape index (κ1) is 18.8. The third-order valence-electron chi connectivity index (χ3n) is 3.84. The maximum absolute atomic E-state index is 14.0. The van der Waals surface area contributed by atoms with Crippen LogP contribution in [0, 0.1) is 5.82 Å². The molecule has 5 nitrogen and oxygen atoms in total. The van der Waals surface area contributed by atoms with Crippen LogP contribution in [0.15, 0.2) is 65.8 Å². The molecule has 2 aromatic carbocycles. The number of aromatic nitrogens is 2. The van der Waals surface area contributed by atoms with Crippen LogP contribution in [-0.4, -0.2) is 27.2 Å². The SMILES string of the molecule is CC(=O)c1ccc(SCC(=O)NCc2cnn(-c3ccccc3)c2)c(F)c1. The van der Waals surface area contributed by atoms with Gasteiger partial charge in [0.2, 0.25) is 5.91 Å². The number of thioether (sulfide) groups is 1. The van der Waals surface area contributed by atoms with Crippen LogP contribution in [-0.2, 0) is 11.3 Å². The second-order valence-corrected chi connectivity index (χ2v) is 6.91. The van der Waals surface area contributed by atoms with Gasteiger partial charge < -0.3 is 5.32 Å². The lowest BCUT2D eigenvalue weighted by Crippen LogP contribution is -2.24. The quantitative estimate of drug-likeness (QED) is 0.500. The molecule has 1 amide bonds. The number of nitrogens with zero attached hydrogens (tertiary/aromatic N) is 2. The van der Waals surface area contributed by atoms with Gasteiger partial charge in [-0.1, -0.05) is 24.3 Å². The lowest BCUT2D eigenvalue weighted by atomic mass is 10.1. The summed E-state index contributed by atoms with van der Waals surface area (Å²) in [6.45, 7) is 1.73. The van der Waals surface area contributed by atoms with E-state index in [-0.39, 0.29) is 17.4 Å². The summed E-state index contributed by atoms with van der Waals surface area (Å²) in [5, 5.41) is 7.07. The molecule has 1 aromatic heterocycles. The lowest BCUT2D eigenvalue weighted by Gasteiger charge is -2.06. The molecule has 1 N–H and O–H groups in total. The summed E-state index contributed by atoms with van der Waals surface area (Å²) in [5.41, 5.74) is 2.13. The van der Waals surface area contributed by atoms with E-state index in [1.807, 2.05) is 36.5 Å². The maximum Gasteiger partial charge on any atom is 0.230 e. The minimum atomic E-state index is -0.496. The Morgan fingerprint density at radius 2 is 1.96 bits per heavy atom. The number of para-hydroxylation sites is 1. The molecule has 3 rings (SSSR count). The molecule has 0 aliphatic carbocycles. The zero-order chi connectivity index (χ0) is 19.2. The highest BCUT2D eigenvalue weighted by Gasteiger charge is 2.10. The molecule has 0 saturated carbocycles. The van der Waals surface area contributed by atoms with Crippen molar-refractivity contribution in [2.75, 3.05) is 5.75 Å². The van der Waals surface area contributed by atoms with Crippen molar-refractivity contribution in [3.05, 3.63) is 77.9 Å². The van der Waals surface area contributed by atoms with Gasteiger partial charge in [-0.15, -0.1) is 11.8 Å². The average molecular weight is 383 g/mol. The summed E-state index contributed by atoms with van der Waals surface area (Å²) >= 11 is 1.09. The van der Waals surface area contributed by atoms with Gasteiger partial charge in [0.25, 0.3) is 0 Å². The predicted molar refractivity (Wildman–Crippen MR) is 103 cm³/mol. The van der Waals surface area contributed by atoms with Crippen molar-refractivity contribution >= 4 is 23.5 Å². The molecule has 0 atom stereocenters. The number of benzene rings is 2. The van der Waals surface area contributed by atoms with Crippen LogP contribution in [0.2, 0.25) is 0 Å². The van der Waals surface area contributed by atoms with Gasteiger partial charge in [-0.3, -0.25) is 9.59 Å². The van der Waals surface area contributed by atoms with Crippen molar-refractivity contribution in [3.8, 4) is 5.69 Å². The summed E-state index contributed by atoms with van der Waals surface area (Å²) in [6.07, 6.45) is 3.55. The Bertz CT molecular complexity index is 957. The van der Waals surface area contributed by atoms with Gasteiger partial charge in [-0.2, -0.15) is 5.10 Å². The molecule has 0 aliphatic rings. The first-order chi connectivity index (χ1) is 13.0. The zero-order valence-corrected chi connectivity index (χ0v) is 15.5. The van der Waals surface area contributed by atoms with Crippen molar-refractivity contribution in [2.45, 2.75) is 18.4 Å². The number of carbonyl (C=O) groups is 2. The third-order valence-corrected chi connectivity index (χ3v) is 4.89. The van der Waals surface area contributed by atoms with Crippen molar-refractivity contribution in [3.63, 3.8) is 0 Å². The number of ketones is 1. The molecule has 1 heterocycles. The minimum Gasteiger partial charge on any atom is -0.351 e. The second-order valence-electron chi connectivity index (χ2n) is 5.90. The summed E-state index contributed by atoms with van der Waals surface area (Å²) in [4.78, 5) is 23.6. The normalized spacial score (nSPS) is 10.6. The molecule has 0 saturated heterocycles. The van der Waals surface area contributed by atoms with Crippen LogP contribution in [0.3, 0.4) is 0 Å². The molecule has 0 bridgehead atoms. The number of hydrogen-bond acceptors (Lipinski definition) is 4. The number of nitrogens with one attached hydrogen (secondary N) is 1. The van der Waals surface area contributed by atoms with Crippen LogP contribution in [0.5, 0.6) is 0 Å². The highest BCUT2D eigenvalue weighted by molar-refractivity contribution is 8.00. The average Bonchev–Trinajstić information content (AvgIpc) is 3.15. The van der Waals surface area contributed by atoms with Crippen LogP contribution in [0.25, 0.3) is 5.69 Å². The molecule has 0 unspecified atom stereocenters. The molecule has 0 spiro atoms. The van der Waals surface area contributed by atoms with Gasteiger partial charge >= 0.3 is 0 Å². The first-order valence-corrected chi connectivity index (χ1v) is 9.30. The first-order valence-electron chi connectivity index (χ1n) is 8.32. The number of Topliss-reactive ketones (excluding diaryl/α,β-unsaturated/α-hetero) is 1. The number of hydrogen-bond donors (Lipinski definition) is 1. The third kappa shape index (κ3) is 5.04. The Kier molecular flexibility index (Phi) is 6.03. The van der Waals surface area contributed by atoms with E-state index in [0.29, 0.717) is 17.0 Å². The molecule has 27 heavy (non-hydrogen) atoms. The van der Waals surface area contributed by atoms with Crippen LogP contribution >= 0.6 is 11.8 Å². The molecular weight excluding hydrogens is 365 g/mol. The van der Waals surface area contributed by atoms with E-state index >= 15 is 0 Å². The van der Waals surface area contributed by atoms with Crippen LogP contribution in [0.1, 0.15) is 22.8 Å². The molecule has 3 aromatic rings. The summed E-state index contributed by atoms with van der Waals surface area (Å²) in [7, 11) is 0. The van der Waals surface area contributed by atoms with E-state index in [9.17, 15) is 14.0 Å². The highest BCUT2D eigenvalue weighted by Crippen LogP contribution is 2.22. The summed E-state index contributed by atoms with van der Waals surface area (Å²) < 4.78 is 15.7. The number of amides is 1. The standard InChI is InChI=1S/C20H18FN3O2S/c1-14(25)16-7-8-19(18(21)9-16)27-13-20(26)22-10-15-11-23-24(12-15)17-5-3-2-4-6-17/h2-9,11-12H,10,13H2,1H3,(H,22,26). The molecule has 0 radical (unpaired) electrons. The van der Waals surface area contributed by atoms with Gasteiger partial charge in [-0.05, 0) is 31.2 Å². The van der Waals surface area contributed by atoms with Crippen LogP contribution in [0.4, 0.5) is 4.39 Å². The molecule has 0 aliphatic heterocycles. The Labute approximate surface area is 160 Å². The monoisotopic (exact) mass is 383 g/mol. The van der Waals surface area contributed by atoms with Crippen molar-refractivity contribution < 1.29 is 14.0 Å².